The number of hydrogen-bond acceptors (Lipinski definition) is 4. The molecule has 1 amide bonds. The molecule has 0 atom stereocenters. The van der Waals surface area contributed by atoms with Crippen molar-refractivity contribution in [2.75, 3.05) is 11.9 Å². The van der Waals surface area contributed by atoms with E-state index in [4.69, 9.17) is 4.98 Å². The van der Waals surface area contributed by atoms with Crippen LogP contribution in [0.5, 0.6) is 0 Å². The van der Waals surface area contributed by atoms with Crippen molar-refractivity contribution in [3.05, 3.63) is 40.9 Å². The second-order valence-corrected chi connectivity index (χ2v) is 8.00. The summed E-state index contributed by atoms with van der Waals surface area (Å²) in [7, 11) is 2.20. The third-order valence-electron chi connectivity index (χ3n) is 5.27. The highest BCUT2D eigenvalue weighted by atomic mass is 32.1. The van der Waals surface area contributed by atoms with Crippen LogP contribution in [-0.2, 0) is 17.8 Å². The first-order valence-electron chi connectivity index (χ1n) is 9.63. The van der Waals surface area contributed by atoms with Crippen LogP contribution in [0, 0.1) is 0 Å². The highest BCUT2D eigenvalue weighted by Crippen LogP contribution is 2.32. The fraction of sp³-hybridized carbons (Fsp3) is 0.524. The minimum absolute atomic E-state index is 0.00688. The second-order valence-electron chi connectivity index (χ2n) is 7.17. The quantitative estimate of drug-likeness (QED) is 0.704. The molecule has 26 heavy (non-hydrogen) atoms. The number of anilines is 2. The first-order valence-corrected chi connectivity index (χ1v) is 10.5. The molecule has 1 aromatic carbocycles. The Morgan fingerprint density at radius 2 is 1.96 bits per heavy atom. The van der Waals surface area contributed by atoms with Crippen LogP contribution < -0.4 is 4.90 Å². The van der Waals surface area contributed by atoms with E-state index in [1.54, 1.807) is 23.2 Å². The fourth-order valence-corrected chi connectivity index (χ4v) is 4.68. The molecule has 1 aliphatic rings. The molecule has 1 aliphatic carbocycles. The van der Waals surface area contributed by atoms with E-state index in [1.165, 1.54) is 37.7 Å². The van der Waals surface area contributed by atoms with Gasteiger partial charge >= 0.3 is 0 Å². The van der Waals surface area contributed by atoms with E-state index in [2.05, 4.69) is 30.3 Å². The predicted octanol–water partition coefficient (Wildman–Crippen LogP) is 5.15. The van der Waals surface area contributed by atoms with Crippen molar-refractivity contribution in [2.45, 2.75) is 65.0 Å². The normalized spacial score (nSPS) is 15.4. The Bertz CT molecular complexity index is 736. The number of amides is 1. The number of aryl methyl sites for hydroxylation is 1. The monoisotopic (exact) mass is 371 g/mol. The summed E-state index contributed by atoms with van der Waals surface area (Å²) in [6.45, 7) is 4.58. The van der Waals surface area contributed by atoms with E-state index in [0.29, 0.717) is 6.04 Å². The van der Waals surface area contributed by atoms with E-state index >= 15 is 0 Å². The first-order chi connectivity index (χ1) is 12.6. The van der Waals surface area contributed by atoms with Crippen LogP contribution in [-0.4, -0.2) is 28.9 Å². The van der Waals surface area contributed by atoms with Gasteiger partial charge in [-0.1, -0.05) is 44.4 Å². The maximum atomic E-state index is 12.4. The molecule has 140 valence electrons. The summed E-state index contributed by atoms with van der Waals surface area (Å²) in [6, 6.07) is 8.76. The smallest absolute Gasteiger partial charge is 0.230 e. The van der Waals surface area contributed by atoms with Gasteiger partial charge in [-0.25, -0.2) is 4.98 Å². The van der Waals surface area contributed by atoms with Crippen molar-refractivity contribution in [1.82, 2.24) is 9.88 Å². The zero-order valence-corrected chi connectivity index (χ0v) is 16.9. The highest BCUT2D eigenvalue weighted by Gasteiger charge is 2.22. The molecule has 1 aromatic heterocycles. The van der Waals surface area contributed by atoms with Gasteiger partial charge in [-0.3, -0.25) is 14.6 Å². The van der Waals surface area contributed by atoms with E-state index in [0.717, 1.165) is 29.5 Å². The fourth-order valence-electron chi connectivity index (χ4n) is 3.81. The molecule has 4 nitrogen and oxygen atoms in total. The summed E-state index contributed by atoms with van der Waals surface area (Å²) in [4.78, 5) is 21.4. The van der Waals surface area contributed by atoms with E-state index in [-0.39, 0.29) is 5.91 Å². The molecule has 1 fully saturated rings. The number of carbonyl (C=O) groups excluding carboxylic acids is 1. The Labute approximate surface area is 160 Å². The number of para-hydroxylation sites is 1. The van der Waals surface area contributed by atoms with Crippen molar-refractivity contribution in [1.29, 1.82) is 0 Å². The Balaban J connectivity index is 1.78. The minimum Gasteiger partial charge on any atom is -0.298 e. The number of aromatic nitrogens is 1. The molecule has 1 saturated carbocycles. The van der Waals surface area contributed by atoms with Gasteiger partial charge in [-0.15, -0.1) is 11.3 Å². The van der Waals surface area contributed by atoms with Crippen molar-refractivity contribution in [2.24, 2.45) is 0 Å². The molecule has 0 bridgehead atoms. The minimum atomic E-state index is 0.00688. The van der Waals surface area contributed by atoms with Gasteiger partial charge in [0.25, 0.3) is 0 Å². The van der Waals surface area contributed by atoms with Crippen LogP contribution in [0.2, 0.25) is 0 Å². The molecular weight excluding hydrogens is 342 g/mol. The van der Waals surface area contributed by atoms with Crippen LogP contribution in [0.25, 0.3) is 0 Å². The molecule has 2 aromatic rings. The number of thiazole rings is 1. The van der Waals surface area contributed by atoms with Crippen molar-refractivity contribution >= 4 is 28.1 Å². The van der Waals surface area contributed by atoms with Crippen LogP contribution in [0.1, 0.15) is 57.2 Å². The third kappa shape index (κ3) is 4.33. The zero-order valence-electron chi connectivity index (χ0n) is 16.1. The standard InChI is InChI=1S/C21H29N3OS/c1-4-17-10-8-9-13-20(17)24(16(2)25)21-22-18(15-26-21)14-23(3)19-11-6-5-7-12-19/h8-10,13,15,19H,4-7,11-12,14H2,1-3H3. The molecule has 0 saturated heterocycles. The SMILES string of the molecule is CCc1ccccc1N(C(C)=O)c1nc(CN(C)C2CCCCC2)cs1. The lowest BCUT2D eigenvalue weighted by Gasteiger charge is -2.30. The molecule has 5 heteroatoms. The molecular formula is C21H29N3OS. The lowest BCUT2D eigenvalue weighted by Crippen LogP contribution is -2.33. The average Bonchev–Trinajstić information content (AvgIpc) is 3.10. The number of rotatable bonds is 6. The van der Waals surface area contributed by atoms with Crippen molar-refractivity contribution in [3.63, 3.8) is 0 Å². The van der Waals surface area contributed by atoms with Crippen LogP contribution >= 0.6 is 11.3 Å². The van der Waals surface area contributed by atoms with Gasteiger partial charge in [0.1, 0.15) is 0 Å². The number of hydrogen-bond donors (Lipinski definition) is 0. The van der Waals surface area contributed by atoms with Gasteiger partial charge in [0.15, 0.2) is 5.13 Å². The zero-order chi connectivity index (χ0) is 18.5. The van der Waals surface area contributed by atoms with Gasteiger partial charge < -0.3 is 0 Å². The van der Waals surface area contributed by atoms with E-state index in [9.17, 15) is 4.79 Å². The summed E-state index contributed by atoms with van der Waals surface area (Å²) in [5.41, 5.74) is 3.17. The topological polar surface area (TPSA) is 36.4 Å². The maximum Gasteiger partial charge on any atom is 0.230 e. The summed E-state index contributed by atoms with van der Waals surface area (Å²) < 4.78 is 0. The summed E-state index contributed by atoms with van der Waals surface area (Å²) in [6.07, 6.45) is 7.51. The van der Waals surface area contributed by atoms with E-state index < -0.39 is 0 Å². The summed E-state index contributed by atoms with van der Waals surface area (Å²) in [5, 5.41) is 2.87. The Kier molecular flexibility index (Phi) is 6.43. The summed E-state index contributed by atoms with van der Waals surface area (Å²) in [5.74, 6) is 0.00688. The van der Waals surface area contributed by atoms with Crippen LogP contribution in [0.3, 0.4) is 0 Å². The molecule has 0 N–H and O–H groups in total. The van der Waals surface area contributed by atoms with Gasteiger partial charge in [0.05, 0.1) is 11.4 Å². The van der Waals surface area contributed by atoms with Gasteiger partial charge in [-0.2, -0.15) is 0 Å². The Morgan fingerprint density at radius 3 is 2.65 bits per heavy atom. The van der Waals surface area contributed by atoms with Crippen molar-refractivity contribution < 1.29 is 4.79 Å². The number of benzene rings is 1. The maximum absolute atomic E-state index is 12.4. The van der Waals surface area contributed by atoms with Gasteiger partial charge in [-0.05, 0) is 37.9 Å². The molecule has 3 rings (SSSR count). The average molecular weight is 372 g/mol. The largest absolute Gasteiger partial charge is 0.298 e. The summed E-state index contributed by atoms with van der Waals surface area (Å²) >= 11 is 1.56. The lowest BCUT2D eigenvalue weighted by atomic mass is 9.94. The Morgan fingerprint density at radius 1 is 1.23 bits per heavy atom. The van der Waals surface area contributed by atoms with E-state index in [1.807, 2.05) is 18.2 Å². The second kappa shape index (κ2) is 8.78. The lowest BCUT2D eigenvalue weighted by molar-refractivity contribution is -0.115. The molecule has 0 spiro atoms. The van der Waals surface area contributed by atoms with Crippen LogP contribution in [0.15, 0.2) is 29.6 Å². The van der Waals surface area contributed by atoms with Gasteiger partial charge in [0.2, 0.25) is 5.91 Å². The third-order valence-corrected chi connectivity index (χ3v) is 6.14. The molecule has 0 unspecified atom stereocenters. The van der Waals surface area contributed by atoms with Crippen molar-refractivity contribution in [3.8, 4) is 0 Å². The number of carbonyl (C=O) groups is 1. The highest BCUT2D eigenvalue weighted by molar-refractivity contribution is 7.14. The van der Waals surface area contributed by atoms with Crippen LogP contribution in [0.4, 0.5) is 10.8 Å². The Hall–Kier alpha value is -1.72. The molecule has 0 aliphatic heterocycles. The number of nitrogens with zero attached hydrogens (tertiary/aromatic N) is 3. The first kappa shape index (κ1) is 19.1. The molecule has 1 heterocycles. The van der Waals surface area contributed by atoms with Gasteiger partial charge in [0, 0.05) is 24.9 Å². The molecule has 0 radical (unpaired) electrons. The predicted molar refractivity (Wildman–Crippen MR) is 109 cm³/mol.